The van der Waals surface area contributed by atoms with E-state index >= 15 is 0 Å². The molecule has 2 atom stereocenters. The molecule has 110 valence electrons. The number of rotatable bonds is 3. The number of carbonyl (C=O) groups is 1. The summed E-state index contributed by atoms with van der Waals surface area (Å²) in [6, 6.07) is 6.20. The zero-order valence-corrected chi connectivity index (χ0v) is 14.7. The number of hydrogen-bond acceptors (Lipinski definition) is 2. The number of hydrogen-bond donors (Lipinski definition) is 1. The van der Waals surface area contributed by atoms with Crippen molar-refractivity contribution in [3.05, 3.63) is 32.4 Å². The minimum atomic E-state index is 0.0927. The molecule has 1 N–H and O–H groups in total. The van der Waals surface area contributed by atoms with Gasteiger partial charge in [-0.25, -0.2) is 0 Å². The van der Waals surface area contributed by atoms with Crippen LogP contribution >= 0.6 is 34.2 Å². The molecule has 2 unspecified atom stereocenters. The van der Waals surface area contributed by atoms with Crippen LogP contribution in [0.1, 0.15) is 37.0 Å². The van der Waals surface area contributed by atoms with Gasteiger partial charge in [0.2, 0.25) is 0 Å². The predicted molar refractivity (Wildman–Crippen MR) is 91.4 cm³/mol. The van der Waals surface area contributed by atoms with E-state index in [1.165, 1.54) is 0 Å². The zero-order valence-electron chi connectivity index (χ0n) is 11.8. The van der Waals surface area contributed by atoms with Crippen LogP contribution in [0.5, 0.6) is 0 Å². The Bertz CT molecular complexity index is 495. The Morgan fingerprint density at radius 2 is 2.20 bits per heavy atom. The van der Waals surface area contributed by atoms with E-state index in [1.54, 1.807) is 6.07 Å². The van der Waals surface area contributed by atoms with Crippen molar-refractivity contribution in [1.82, 2.24) is 10.2 Å². The summed E-state index contributed by atoms with van der Waals surface area (Å²) in [5.41, 5.74) is 0.686. The maximum atomic E-state index is 12.7. The summed E-state index contributed by atoms with van der Waals surface area (Å²) in [6.07, 6.45) is 2.00. The lowest BCUT2D eigenvalue weighted by Crippen LogP contribution is -2.57. The van der Waals surface area contributed by atoms with Crippen LogP contribution in [-0.4, -0.2) is 36.0 Å². The van der Waals surface area contributed by atoms with Gasteiger partial charge in [-0.2, -0.15) is 0 Å². The molecule has 1 fully saturated rings. The van der Waals surface area contributed by atoms with Crippen LogP contribution in [0.15, 0.2) is 18.2 Å². The second-order valence-corrected chi connectivity index (χ2v) is 6.73. The third-order valence-electron chi connectivity index (χ3n) is 3.89. The fourth-order valence-electron chi connectivity index (χ4n) is 2.55. The summed E-state index contributed by atoms with van der Waals surface area (Å²) in [5, 5.41) is 4.15. The normalized spacial score (nSPS) is 22.9. The molecule has 1 aliphatic heterocycles. The molecular weight excluding hydrogens is 387 g/mol. The van der Waals surface area contributed by atoms with Crippen LogP contribution in [-0.2, 0) is 0 Å². The van der Waals surface area contributed by atoms with Crippen molar-refractivity contribution in [2.24, 2.45) is 0 Å². The number of piperazine rings is 1. The minimum Gasteiger partial charge on any atom is -0.333 e. The second-order valence-electron chi connectivity index (χ2n) is 5.16. The Hall–Kier alpha value is -0.330. The van der Waals surface area contributed by atoms with Crippen molar-refractivity contribution < 1.29 is 4.79 Å². The molecule has 1 saturated heterocycles. The van der Waals surface area contributed by atoms with Crippen molar-refractivity contribution in [2.45, 2.75) is 38.8 Å². The van der Waals surface area contributed by atoms with Gasteiger partial charge in [0, 0.05) is 34.3 Å². The standard InChI is InChI=1S/C15H20ClIN2O/c1-3-11-9-19(12(4-2)8-18-11)15(20)10-5-6-14(17)13(16)7-10/h5-7,11-12,18H,3-4,8-9H2,1-2H3. The van der Waals surface area contributed by atoms with E-state index in [1.807, 2.05) is 17.0 Å². The maximum absolute atomic E-state index is 12.7. The molecule has 1 amide bonds. The second kappa shape index (κ2) is 7.09. The molecule has 0 radical (unpaired) electrons. The Morgan fingerprint density at radius 3 is 2.80 bits per heavy atom. The molecule has 1 heterocycles. The molecule has 5 heteroatoms. The number of amides is 1. The van der Waals surface area contributed by atoms with Gasteiger partial charge in [-0.05, 0) is 53.6 Å². The third-order valence-corrected chi connectivity index (χ3v) is 5.46. The van der Waals surface area contributed by atoms with Gasteiger partial charge in [0.25, 0.3) is 5.91 Å². The largest absolute Gasteiger partial charge is 0.333 e. The van der Waals surface area contributed by atoms with Gasteiger partial charge in [-0.1, -0.05) is 25.4 Å². The van der Waals surface area contributed by atoms with Crippen molar-refractivity contribution in [3.63, 3.8) is 0 Å². The van der Waals surface area contributed by atoms with E-state index in [9.17, 15) is 4.79 Å². The smallest absolute Gasteiger partial charge is 0.254 e. The number of nitrogens with one attached hydrogen (secondary N) is 1. The highest BCUT2D eigenvalue weighted by Gasteiger charge is 2.30. The van der Waals surface area contributed by atoms with Gasteiger partial charge >= 0.3 is 0 Å². The van der Waals surface area contributed by atoms with Crippen LogP contribution in [0.25, 0.3) is 0 Å². The molecule has 0 spiro atoms. The Balaban J connectivity index is 2.22. The summed E-state index contributed by atoms with van der Waals surface area (Å²) in [4.78, 5) is 14.7. The topological polar surface area (TPSA) is 32.3 Å². The van der Waals surface area contributed by atoms with Crippen molar-refractivity contribution in [1.29, 1.82) is 0 Å². The fourth-order valence-corrected chi connectivity index (χ4v) is 3.06. The highest BCUT2D eigenvalue weighted by Crippen LogP contribution is 2.22. The summed E-state index contributed by atoms with van der Waals surface area (Å²) in [7, 11) is 0. The average Bonchev–Trinajstić information content (AvgIpc) is 2.48. The average molecular weight is 407 g/mol. The quantitative estimate of drug-likeness (QED) is 0.779. The summed E-state index contributed by atoms with van der Waals surface area (Å²) < 4.78 is 0.972. The van der Waals surface area contributed by atoms with E-state index in [0.717, 1.165) is 29.5 Å². The summed E-state index contributed by atoms with van der Waals surface area (Å²) >= 11 is 8.31. The van der Waals surface area contributed by atoms with Crippen LogP contribution < -0.4 is 5.32 Å². The first-order chi connectivity index (χ1) is 9.56. The highest BCUT2D eigenvalue weighted by molar-refractivity contribution is 14.1. The van der Waals surface area contributed by atoms with E-state index in [0.29, 0.717) is 16.6 Å². The third kappa shape index (κ3) is 3.46. The lowest BCUT2D eigenvalue weighted by molar-refractivity contribution is 0.0576. The van der Waals surface area contributed by atoms with E-state index in [4.69, 9.17) is 11.6 Å². The van der Waals surface area contributed by atoms with Crippen LogP contribution in [0.3, 0.4) is 0 Å². The van der Waals surface area contributed by atoms with Gasteiger partial charge in [0.05, 0.1) is 5.02 Å². The molecular formula is C15H20ClIN2O. The number of carbonyl (C=O) groups excluding carboxylic acids is 1. The molecule has 1 aromatic carbocycles. The van der Waals surface area contributed by atoms with Gasteiger partial charge in [0.1, 0.15) is 0 Å². The summed E-state index contributed by atoms with van der Waals surface area (Å²) in [6.45, 7) is 5.92. The Labute approximate surface area is 139 Å². The number of halogens is 2. The number of nitrogens with zero attached hydrogens (tertiary/aromatic N) is 1. The zero-order chi connectivity index (χ0) is 14.7. The molecule has 20 heavy (non-hydrogen) atoms. The molecule has 0 bridgehead atoms. The summed E-state index contributed by atoms with van der Waals surface area (Å²) in [5.74, 6) is 0.0927. The van der Waals surface area contributed by atoms with Crippen LogP contribution in [0.2, 0.25) is 5.02 Å². The fraction of sp³-hybridized carbons (Fsp3) is 0.533. The van der Waals surface area contributed by atoms with Crippen molar-refractivity contribution in [2.75, 3.05) is 13.1 Å². The highest BCUT2D eigenvalue weighted by atomic mass is 127. The van der Waals surface area contributed by atoms with E-state index < -0.39 is 0 Å². The molecule has 0 saturated carbocycles. The first kappa shape index (κ1) is 16.0. The Kier molecular flexibility index (Phi) is 5.69. The molecule has 0 aliphatic carbocycles. The van der Waals surface area contributed by atoms with E-state index in [2.05, 4.69) is 41.8 Å². The SMILES string of the molecule is CCC1CN(C(=O)c2ccc(I)c(Cl)c2)C(CC)CN1. The van der Waals surface area contributed by atoms with Gasteiger partial charge in [0.15, 0.2) is 0 Å². The van der Waals surface area contributed by atoms with Crippen LogP contribution in [0, 0.1) is 3.57 Å². The first-order valence-corrected chi connectivity index (χ1v) is 8.51. The minimum absolute atomic E-state index is 0.0927. The van der Waals surface area contributed by atoms with Crippen LogP contribution in [0.4, 0.5) is 0 Å². The Morgan fingerprint density at radius 1 is 1.45 bits per heavy atom. The molecule has 0 aromatic heterocycles. The maximum Gasteiger partial charge on any atom is 0.254 e. The van der Waals surface area contributed by atoms with Crippen molar-refractivity contribution in [3.8, 4) is 0 Å². The van der Waals surface area contributed by atoms with Gasteiger partial charge in [-0.15, -0.1) is 0 Å². The predicted octanol–water partition coefficient (Wildman–Crippen LogP) is 3.55. The van der Waals surface area contributed by atoms with E-state index in [-0.39, 0.29) is 11.9 Å². The molecule has 2 rings (SSSR count). The lowest BCUT2D eigenvalue weighted by atomic mass is 10.0. The molecule has 1 aliphatic rings. The first-order valence-electron chi connectivity index (χ1n) is 7.06. The lowest BCUT2D eigenvalue weighted by Gasteiger charge is -2.40. The van der Waals surface area contributed by atoms with Gasteiger partial charge in [-0.3, -0.25) is 4.79 Å². The molecule has 1 aromatic rings. The number of benzene rings is 1. The monoisotopic (exact) mass is 406 g/mol. The van der Waals surface area contributed by atoms with Gasteiger partial charge < -0.3 is 10.2 Å². The van der Waals surface area contributed by atoms with Crippen molar-refractivity contribution >= 4 is 40.1 Å². The molecule has 3 nitrogen and oxygen atoms in total.